The molecule has 1 fully saturated rings. The number of nitrogens with zero attached hydrogens (tertiary/aromatic N) is 2. The van der Waals surface area contributed by atoms with Crippen molar-refractivity contribution in [3.05, 3.63) is 35.1 Å². The van der Waals surface area contributed by atoms with Gasteiger partial charge in [-0.15, -0.1) is 0 Å². The Morgan fingerprint density at radius 3 is 2.78 bits per heavy atom. The molecule has 0 aliphatic carbocycles. The molecule has 1 saturated heterocycles. The van der Waals surface area contributed by atoms with E-state index in [2.05, 4.69) is 20.6 Å². The van der Waals surface area contributed by atoms with Crippen LogP contribution in [0.3, 0.4) is 0 Å². The van der Waals surface area contributed by atoms with E-state index < -0.39 is 0 Å². The standard InChI is InChI=1S/C15H19N5O2S/c1-16-15-18-9-12(23-15)14(22)20-7-4-10(5-8-20)19-13(21)11-3-2-6-17-11/h2-3,6,9-10,17H,4-5,7-8H2,1H3,(H,16,18)(H,19,21). The number of rotatable bonds is 4. The molecule has 23 heavy (non-hydrogen) atoms. The first-order valence-electron chi connectivity index (χ1n) is 7.54. The van der Waals surface area contributed by atoms with Crippen LogP contribution >= 0.6 is 11.3 Å². The van der Waals surface area contributed by atoms with Gasteiger partial charge in [-0.1, -0.05) is 11.3 Å². The molecule has 2 amide bonds. The Morgan fingerprint density at radius 2 is 2.17 bits per heavy atom. The molecule has 3 heterocycles. The van der Waals surface area contributed by atoms with Crippen molar-refractivity contribution in [3.63, 3.8) is 0 Å². The van der Waals surface area contributed by atoms with Crippen molar-refractivity contribution in [2.45, 2.75) is 18.9 Å². The van der Waals surface area contributed by atoms with Crippen LogP contribution < -0.4 is 10.6 Å². The van der Waals surface area contributed by atoms with Crippen LogP contribution in [0.2, 0.25) is 0 Å². The van der Waals surface area contributed by atoms with Gasteiger partial charge in [0.1, 0.15) is 10.6 Å². The van der Waals surface area contributed by atoms with Gasteiger partial charge >= 0.3 is 0 Å². The molecule has 0 atom stereocenters. The van der Waals surface area contributed by atoms with Gasteiger partial charge in [-0.05, 0) is 25.0 Å². The molecule has 0 saturated carbocycles. The average Bonchev–Trinajstić information content (AvgIpc) is 3.26. The van der Waals surface area contributed by atoms with Crippen LogP contribution in [0.15, 0.2) is 24.5 Å². The predicted octanol–water partition coefficient (Wildman–Crippen LogP) is 1.55. The molecule has 2 aromatic rings. The highest BCUT2D eigenvalue weighted by atomic mass is 32.1. The first-order chi connectivity index (χ1) is 11.2. The fourth-order valence-corrected chi connectivity index (χ4v) is 3.34. The molecule has 3 rings (SSSR count). The number of nitrogens with one attached hydrogen (secondary N) is 3. The Kier molecular flexibility index (Phi) is 4.61. The predicted molar refractivity (Wildman–Crippen MR) is 88.8 cm³/mol. The Balaban J connectivity index is 1.52. The summed E-state index contributed by atoms with van der Waals surface area (Å²) >= 11 is 1.36. The van der Waals surface area contributed by atoms with E-state index >= 15 is 0 Å². The second-order valence-electron chi connectivity index (χ2n) is 5.40. The highest BCUT2D eigenvalue weighted by Gasteiger charge is 2.26. The van der Waals surface area contributed by atoms with E-state index in [0.29, 0.717) is 23.7 Å². The molecule has 7 nitrogen and oxygen atoms in total. The van der Waals surface area contributed by atoms with Crippen LogP contribution in [0, 0.1) is 0 Å². The third-order valence-electron chi connectivity index (χ3n) is 3.89. The number of piperidine rings is 1. The molecule has 0 unspecified atom stereocenters. The number of hydrogen-bond acceptors (Lipinski definition) is 5. The van der Waals surface area contributed by atoms with Crippen molar-refractivity contribution in [2.24, 2.45) is 0 Å². The second-order valence-corrected chi connectivity index (χ2v) is 6.43. The van der Waals surface area contributed by atoms with E-state index in [0.717, 1.165) is 18.0 Å². The smallest absolute Gasteiger partial charge is 0.267 e. The van der Waals surface area contributed by atoms with E-state index in [-0.39, 0.29) is 17.9 Å². The summed E-state index contributed by atoms with van der Waals surface area (Å²) in [6.07, 6.45) is 4.86. The lowest BCUT2D eigenvalue weighted by molar-refractivity contribution is 0.0702. The van der Waals surface area contributed by atoms with Gasteiger partial charge in [0.25, 0.3) is 11.8 Å². The van der Waals surface area contributed by atoms with E-state index in [1.807, 2.05) is 4.90 Å². The third kappa shape index (κ3) is 3.53. The normalized spacial score (nSPS) is 15.4. The van der Waals surface area contributed by atoms with E-state index in [1.54, 1.807) is 31.6 Å². The summed E-state index contributed by atoms with van der Waals surface area (Å²) in [7, 11) is 1.78. The zero-order valence-electron chi connectivity index (χ0n) is 12.8. The minimum absolute atomic E-state index is 0.0122. The minimum Gasteiger partial charge on any atom is -0.365 e. The van der Waals surface area contributed by atoms with Crippen LogP contribution in [0.4, 0.5) is 5.13 Å². The monoisotopic (exact) mass is 333 g/mol. The molecular formula is C15H19N5O2S. The number of aromatic amines is 1. The molecule has 1 aliphatic heterocycles. The van der Waals surface area contributed by atoms with Gasteiger partial charge < -0.3 is 20.5 Å². The summed E-state index contributed by atoms with van der Waals surface area (Å²) < 4.78 is 0. The largest absolute Gasteiger partial charge is 0.365 e. The first-order valence-corrected chi connectivity index (χ1v) is 8.36. The van der Waals surface area contributed by atoms with E-state index in [1.165, 1.54) is 11.3 Å². The molecule has 1 aliphatic rings. The first kappa shape index (κ1) is 15.5. The molecule has 2 aromatic heterocycles. The zero-order valence-corrected chi connectivity index (χ0v) is 13.7. The number of carbonyl (C=O) groups is 2. The lowest BCUT2D eigenvalue weighted by Gasteiger charge is -2.32. The Morgan fingerprint density at radius 1 is 1.39 bits per heavy atom. The topological polar surface area (TPSA) is 90.1 Å². The fourth-order valence-electron chi connectivity index (χ4n) is 2.61. The summed E-state index contributed by atoms with van der Waals surface area (Å²) in [5.41, 5.74) is 0.563. The number of likely N-dealkylation sites (tertiary alicyclic amines) is 1. The highest BCUT2D eigenvalue weighted by Crippen LogP contribution is 2.21. The minimum atomic E-state index is -0.0964. The van der Waals surface area contributed by atoms with Gasteiger partial charge in [-0.3, -0.25) is 9.59 Å². The number of aromatic nitrogens is 2. The molecule has 122 valence electrons. The molecule has 0 radical (unpaired) electrons. The van der Waals surface area contributed by atoms with Gasteiger partial charge in [0.2, 0.25) is 0 Å². The highest BCUT2D eigenvalue weighted by molar-refractivity contribution is 7.17. The molecule has 0 bridgehead atoms. The lowest BCUT2D eigenvalue weighted by Crippen LogP contribution is -2.46. The molecule has 3 N–H and O–H groups in total. The maximum atomic E-state index is 12.4. The molecule has 0 aromatic carbocycles. The van der Waals surface area contributed by atoms with Gasteiger partial charge in [-0.25, -0.2) is 4.98 Å². The number of carbonyl (C=O) groups excluding carboxylic acids is 2. The molecule has 8 heteroatoms. The molecule has 0 spiro atoms. The summed E-state index contributed by atoms with van der Waals surface area (Å²) in [4.78, 5) is 33.9. The van der Waals surface area contributed by atoms with Crippen LogP contribution in [0.5, 0.6) is 0 Å². The molecular weight excluding hydrogens is 314 g/mol. The summed E-state index contributed by atoms with van der Waals surface area (Å²) in [5, 5.41) is 6.68. The Hall–Kier alpha value is -2.35. The van der Waals surface area contributed by atoms with E-state index in [4.69, 9.17) is 0 Å². The van der Waals surface area contributed by atoms with Gasteiger partial charge in [0, 0.05) is 32.4 Å². The Labute approximate surface area is 138 Å². The summed E-state index contributed by atoms with van der Waals surface area (Å²) in [6.45, 7) is 1.28. The third-order valence-corrected chi connectivity index (χ3v) is 4.89. The van der Waals surface area contributed by atoms with Crippen molar-refractivity contribution in [1.29, 1.82) is 0 Å². The fraction of sp³-hybridized carbons (Fsp3) is 0.400. The van der Waals surface area contributed by atoms with Crippen molar-refractivity contribution >= 4 is 28.3 Å². The van der Waals surface area contributed by atoms with Crippen molar-refractivity contribution in [3.8, 4) is 0 Å². The van der Waals surface area contributed by atoms with Crippen LogP contribution in [-0.2, 0) is 0 Å². The summed E-state index contributed by atoms with van der Waals surface area (Å²) in [6, 6.07) is 3.64. The van der Waals surface area contributed by atoms with Gasteiger partial charge in [0.05, 0.1) is 6.20 Å². The maximum Gasteiger partial charge on any atom is 0.267 e. The van der Waals surface area contributed by atoms with Gasteiger partial charge in [-0.2, -0.15) is 0 Å². The number of thiazole rings is 1. The summed E-state index contributed by atoms with van der Waals surface area (Å²) in [5.74, 6) is -0.0842. The maximum absolute atomic E-state index is 12.4. The average molecular weight is 333 g/mol. The van der Waals surface area contributed by atoms with Gasteiger partial charge in [0.15, 0.2) is 5.13 Å². The second kappa shape index (κ2) is 6.82. The number of amides is 2. The van der Waals surface area contributed by atoms with Crippen LogP contribution in [0.1, 0.15) is 33.0 Å². The quantitative estimate of drug-likeness (QED) is 0.792. The van der Waals surface area contributed by atoms with E-state index in [9.17, 15) is 9.59 Å². The number of hydrogen-bond donors (Lipinski definition) is 3. The number of H-pyrrole nitrogens is 1. The number of anilines is 1. The SMILES string of the molecule is CNc1ncc(C(=O)N2CCC(NC(=O)c3ccc[nH]3)CC2)s1. The Bertz CT molecular complexity index is 674. The zero-order chi connectivity index (χ0) is 16.2. The van der Waals surface area contributed by atoms with Crippen molar-refractivity contribution < 1.29 is 9.59 Å². The lowest BCUT2D eigenvalue weighted by atomic mass is 10.0. The van der Waals surface area contributed by atoms with Crippen LogP contribution in [0.25, 0.3) is 0 Å². The van der Waals surface area contributed by atoms with Crippen molar-refractivity contribution in [2.75, 3.05) is 25.5 Å². The van der Waals surface area contributed by atoms with Crippen molar-refractivity contribution in [1.82, 2.24) is 20.2 Å². The van der Waals surface area contributed by atoms with Crippen LogP contribution in [-0.4, -0.2) is 52.9 Å².